The molecule has 25 nitrogen and oxygen atoms in total. The topological polar surface area (TPSA) is 325 Å². The molecule has 6 fully saturated rings. The van der Waals surface area contributed by atoms with Crippen molar-refractivity contribution in [2.45, 2.75) is 207 Å². The Kier molecular flexibility index (Phi) is 20.0. The summed E-state index contributed by atoms with van der Waals surface area (Å²) in [6, 6.07) is 24.0. The van der Waals surface area contributed by atoms with Crippen LogP contribution in [0.15, 0.2) is 99.0 Å². The first-order valence-corrected chi connectivity index (χ1v) is 41.6. The number of guanidine groups is 4. The van der Waals surface area contributed by atoms with Crippen molar-refractivity contribution < 1.29 is 47.7 Å². The van der Waals surface area contributed by atoms with Crippen LogP contribution in [-0.2, 0) is 86.0 Å². The molecule has 8 spiro atoms. The molecule has 14 aliphatic rings. The fourth-order valence-corrected chi connectivity index (χ4v) is 23.7. The number of aromatic nitrogens is 1. The van der Waals surface area contributed by atoms with Gasteiger partial charge in [-0.25, -0.2) is 25.0 Å². The van der Waals surface area contributed by atoms with Crippen LogP contribution in [0.2, 0.25) is 5.02 Å². The summed E-state index contributed by atoms with van der Waals surface area (Å²) in [5.41, 5.74) is 30.2. The Morgan fingerprint density at radius 1 is 0.460 bits per heavy atom. The van der Waals surface area contributed by atoms with Crippen LogP contribution < -0.4 is 22.9 Å². The summed E-state index contributed by atoms with van der Waals surface area (Å²) in [7, 11) is 17.3. The van der Waals surface area contributed by atoms with Crippen LogP contribution in [0.3, 0.4) is 0 Å². The number of nitrogens with zero attached hydrogens (tertiary/aromatic N) is 11. The fourth-order valence-electron chi connectivity index (χ4n) is 22.4. The van der Waals surface area contributed by atoms with Crippen LogP contribution in [0, 0.1) is 21.7 Å². The van der Waals surface area contributed by atoms with Gasteiger partial charge in [-0.15, -0.1) is 11.3 Å². The van der Waals surface area contributed by atoms with Gasteiger partial charge >= 0.3 is 0 Å². The average Bonchev–Trinajstić information content (AvgIpc) is 1.55. The first kappa shape index (κ1) is 78.2. The van der Waals surface area contributed by atoms with Crippen molar-refractivity contribution in [3.8, 4) is 10.4 Å². The van der Waals surface area contributed by atoms with Gasteiger partial charge in [0.25, 0.3) is 35.4 Å². The van der Waals surface area contributed by atoms with Gasteiger partial charge < -0.3 is 51.7 Å². The molecule has 5 aromatic rings. The van der Waals surface area contributed by atoms with E-state index in [1.165, 1.54) is 43.0 Å². The minimum absolute atomic E-state index is 0.0136. The van der Waals surface area contributed by atoms with Gasteiger partial charge in [0.05, 0.1) is 34.3 Å². The van der Waals surface area contributed by atoms with Crippen LogP contribution in [0.25, 0.3) is 10.4 Å². The summed E-state index contributed by atoms with van der Waals surface area (Å²) in [5.74, 6) is 1.56. The average molecular weight is 1580 g/mol. The maximum absolute atomic E-state index is 13.8. The van der Waals surface area contributed by atoms with Crippen molar-refractivity contribution in [3.63, 3.8) is 0 Å². The molecule has 1 saturated heterocycles. The number of carbonyl (C=O) groups is 6. The van der Waals surface area contributed by atoms with Gasteiger partial charge in [-0.05, 0) is 247 Å². The van der Waals surface area contributed by atoms with Crippen LogP contribution in [0.4, 0.5) is 0 Å². The molecule has 0 radical (unpaired) electrons. The van der Waals surface area contributed by atoms with Crippen molar-refractivity contribution in [3.05, 3.63) is 145 Å². The zero-order valence-electron chi connectivity index (χ0n) is 66.9. The number of fused-ring (bicyclic) bond motifs is 12. The van der Waals surface area contributed by atoms with Crippen molar-refractivity contribution in [2.24, 2.45) is 64.6 Å². The van der Waals surface area contributed by atoms with Crippen LogP contribution in [0.5, 0.6) is 0 Å². The maximum Gasteiger partial charge on any atom is 0.262 e. The molecule has 0 bridgehead atoms. The number of rotatable bonds is 8. The van der Waals surface area contributed by atoms with Gasteiger partial charge in [-0.1, -0.05) is 41.9 Å². The largest absolute Gasteiger partial charge is 0.381 e. The number of nitrogens with two attached hydrogens (primary N) is 4. The van der Waals surface area contributed by atoms with E-state index in [9.17, 15) is 28.8 Å². The van der Waals surface area contributed by atoms with Crippen molar-refractivity contribution in [1.29, 1.82) is 0 Å². The standard InChI is InChI=1S/C24H28N4O2S.C23H30N4O3.C21H28N4O3.C18H22ClN3O2/c1-28-21(29)24(27-22(28)25)18-11-15(19-13-26-20(31-19)14-3-4-14)5-6-16(18)12-23(24)9-7-17(30-2)8-10-23;1-26-20(29)23(25-21(26)24)18-13-15(19(28)27-11-3-4-12-27)5-6-16(18)14-22(23)9-7-17(30-2)8-10-22;1-24(2)17(26)13-5-6-14-12-20(9-7-15(28-4)8-10-20)21(16(14)11-13)18(27)25(3)19(22)23-21;1-22-15(23)18(21-16(22)20)14-9-12(19)4-3-11(14)10-17(18)7-5-13(24-2)6-8-17/h5-6,11,13-14,17H,3-4,7-10,12H2,1-2H3,(H2,25,27);5-6,13,17H,3-4,7-12,14H2,1-2H3,(H2,24,25);5-6,11,15H,7-10,12H2,1-4H3,(H2,22,23);3-4,9,13H,5-8,10H2,1-2H3,(H2,20,21). The molecule has 6 heterocycles. The number of thiazole rings is 1. The lowest BCUT2D eigenvalue weighted by molar-refractivity contribution is -0.138. The maximum atomic E-state index is 13.8. The summed E-state index contributed by atoms with van der Waals surface area (Å²) in [4.78, 5) is 115. The molecule has 9 aliphatic carbocycles. The first-order chi connectivity index (χ1) is 54.1. The Morgan fingerprint density at radius 2 is 0.788 bits per heavy atom. The highest BCUT2D eigenvalue weighted by Crippen LogP contribution is 2.67. The van der Waals surface area contributed by atoms with E-state index in [1.807, 2.05) is 65.7 Å². The number of likely N-dealkylation sites (N-methyl/N-ethyl adjacent to an activating group) is 4. The molecule has 4 atom stereocenters. The fraction of sp³-hybridized carbons (Fsp3) is 0.570. The molecule has 6 amide bonds. The minimum Gasteiger partial charge on any atom is -0.381 e. The molecule has 5 aliphatic heterocycles. The van der Waals surface area contributed by atoms with Crippen LogP contribution in [-0.4, -0.2) is 202 Å². The number of halogens is 1. The molecule has 1 aromatic heterocycles. The number of amides is 6. The Hall–Kier alpha value is -8.66. The third-order valence-corrected chi connectivity index (χ3v) is 30.5. The molecule has 8 N–H and O–H groups in total. The molecule has 5 saturated carbocycles. The number of likely N-dealkylation sites (tertiary alicyclic amines) is 1. The smallest absolute Gasteiger partial charge is 0.262 e. The number of aliphatic imine (C=N–C) groups is 4. The van der Waals surface area contributed by atoms with Crippen molar-refractivity contribution >= 4 is 82.2 Å². The molecule has 113 heavy (non-hydrogen) atoms. The SMILES string of the molecule is COC1CCC2(CC1)Cc1ccc(-c3cnc(C4CC4)s3)cc1C21N=C(N)N(C)C1=O.COC1CCC2(CC1)Cc1ccc(C(=O)N(C)C)cc1C21N=C(N)N(C)C1=O.COC1CCC2(CC1)Cc1ccc(C(=O)N3CCCC3)cc1C21N=C(N)N(C)C1=O.COC1CCC2(CC1)Cc1ccc(Cl)cc1C21N=C(N)N(C)C1=O. The van der Waals surface area contributed by atoms with E-state index in [0.717, 1.165) is 199 Å². The van der Waals surface area contributed by atoms with Gasteiger partial charge in [-0.3, -0.25) is 48.4 Å². The highest BCUT2D eigenvalue weighted by Gasteiger charge is 2.71. The zero-order chi connectivity index (χ0) is 79.9. The third kappa shape index (κ3) is 11.9. The Bertz CT molecular complexity index is 4820. The number of benzene rings is 4. The van der Waals surface area contributed by atoms with E-state index < -0.39 is 22.2 Å². The van der Waals surface area contributed by atoms with E-state index in [4.69, 9.17) is 73.5 Å². The van der Waals surface area contributed by atoms with Gasteiger partial charge in [0.1, 0.15) is 0 Å². The van der Waals surface area contributed by atoms with Crippen molar-refractivity contribution in [1.82, 2.24) is 34.4 Å². The molecule has 19 rings (SSSR count). The predicted octanol–water partition coefficient (Wildman–Crippen LogP) is 9.79. The quantitative estimate of drug-likeness (QED) is 0.112. The molecular formula is C86H108ClN15O10S. The van der Waals surface area contributed by atoms with Crippen molar-refractivity contribution in [2.75, 3.05) is 83.8 Å². The summed E-state index contributed by atoms with van der Waals surface area (Å²) in [6.45, 7) is 1.60. The number of ether oxygens (including phenoxy) is 4. The molecule has 27 heteroatoms. The molecule has 4 unspecified atom stereocenters. The number of hydrogen-bond donors (Lipinski definition) is 4. The highest BCUT2D eigenvalue weighted by atomic mass is 35.5. The summed E-state index contributed by atoms with van der Waals surface area (Å²) < 4.78 is 22.3. The monoisotopic (exact) mass is 1580 g/mol. The van der Waals surface area contributed by atoms with Gasteiger partial charge in [0.15, 0.2) is 46.0 Å². The number of methoxy groups -OCH3 is 4. The second-order valence-corrected chi connectivity index (χ2v) is 36.2. The van der Waals surface area contributed by atoms with E-state index in [1.54, 1.807) is 91.9 Å². The number of hydrogen-bond acceptors (Lipinski definition) is 20. The molecular weight excluding hydrogens is 1470 g/mol. The Labute approximate surface area is 670 Å². The summed E-state index contributed by atoms with van der Waals surface area (Å²) in [6.07, 6.45) is 25.2. The zero-order valence-corrected chi connectivity index (χ0v) is 68.4. The highest BCUT2D eigenvalue weighted by molar-refractivity contribution is 7.15. The third-order valence-electron chi connectivity index (χ3n) is 29.0. The van der Waals surface area contributed by atoms with Gasteiger partial charge in [-0.2, -0.15) is 0 Å². The lowest BCUT2D eigenvalue weighted by Gasteiger charge is -2.45. The minimum atomic E-state index is -1.04. The summed E-state index contributed by atoms with van der Waals surface area (Å²) >= 11 is 8.04. The van der Waals surface area contributed by atoms with Gasteiger partial charge in [0, 0.05) is 134 Å². The Balaban J connectivity index is 0.000000114. The number of carbonyl (C=O) groups excluding carboxylic acids is 6. The molecule has 4 aromatic carbocycles. The second kappa shape index (κ2) is 29.0. The van der Waals surface area contributed by atoms with E-state index in [0.29, 0.717) is 34.0 Å². The van der Waals surface area contributed by atoms with Gasteiger partial charge in [0.2, 0.25) is 0 Å². The lowest BCUT2D eigenvalue weighted by Crippen LogP contribution is -2.51. The van der Waals surface area contributed by atoms with Crippen LogP contribution in [0.1, 0.15) is 205 Å². The van der Waals surface area contributed by atoms with E-state index in [-0.39, 0.29) is 93.4 Å². The predicted molar refractivity (Wildman–Crippen MR) is 433 cm³/mol. The van der Waals surface area contributed by atoms with E-state index >= 15 is 0 Å². The normalized spacial score (nSPS) is 32.8. The van der Waals surface area contributed by atoms with Crippen LogP contribution >= 0.6 is 22.9 Å². The first-order valence-electron chi connectivity index (χ1n) is 40.4. The molecule has 600 valence electrons. The second-order valence-electron chi connectivity index (χ2n) is 34.7. The Morgan fingerprint density at radius 3 is 1.12 bits per heavy atom. The van der Waals surface area contributed by atoms with E-state index in [2.05, 4.69) is 23.2 Å². The lowest BCUT2D eigenvalue weighted by atomic mass is 9.61. The summed E-state index contributed by atoms with van der Waals surface area (Å²) in [5, 5.41) is 1.87.